The van der Waals surface area contributed by atoms with Crippen molar-refractivity contribution >= 4 is 16.7 Å². The van der Waals surface area contributed by atoms with Crippen LogP contribution in [0, 0.1) is 0 Å². The zero-order chi connectivity index (χ0) is 15.1. The lowest BCUT2D eigenvalue weighted by atomic mass is 9.99. The highest BCUT2D eigenvalue weighted by Gasteiger charge is 2.29. The minimum Gasteiger partial charge on any atom is -0.345 e. The predicted molar refractivity (Wildman–Crippen MR) is 89.7 cm³/mol. The number of amides is 1. The quantitative estimate of drug-likeness (QED) is 0.742. The number of nitrogens with one attached hydrogen (secondary N) is 1. The van der Waals surface area contributed by atoms with E-state index in [1.807, 2.05) is 13.0 Å². The maximum atomic E-state index is 11.9. The Labute approximate surface area is 129 Å². The fraction of sp³-hybridized carbons (Fsp3) is 0.150. The molecule has 1 amide bonds. The van der Waals surface area contributed by atoms with Gasteiger partial charge in [0, 0.05) is 6.42 Å². The number of carbonyl (C=O) groups excluding carboxylic acids is 1. The van der Waals surface area contributed by atoms with Crippen LogP contribution in [0.15, 0.2) is 60.7 Å². The van der Waals surface area contributed by atoms with Crippen LogP contribution in [0.5, 0.6) is 0 Å². The third-order valence-electron chi connectivity index (χ3n) is 4.42. The topological polar surface area (TPSA) is 29.1 Å². The van der Waals surface area contributed by atoms with Crippen LogP contribution in [0.1, 0.15) is 30.5 Å². The molecule has 0 bridgehead atoms. The van der Waals surface area contributed by atoms with Gasteiger partial charge >= 0.3 is 0 Å². The molecule has 0 aliphatic heterocycles. The van der Waals surface area contributed by atoms with Gasteiger partial charge in [0.05, 0.1) is 6.04 Å². The van der Waals surface area contributed by atoms with Gasteiger partial charge in [0.1, 0.15) is 0 Å². The van der Waals surface area contributed by atoms with Gasteiger partial charge in [-0.3, -0.25) is 4.79 Å². The van der Waals surface area contributed by atoms with Crippen molar-refractivity contribution in [2.75, 3.05) is 0 Å². The van der Waals surface area contributed by atoms with Crippen molar-refractivity contribution in [2.45, 2.75) is 19.4 Å². The lowest BCUT2D eigenvalue weighted by molar-refractivity contribution is -0.121. The summed E-state index contributed by atoms with van der Waals surface area (Å²) in [6, 6.07) is 21.1. The molecule has 1 aliphatic rings. The molecule has 0 spiro atoms. The van der Waals surface area contributed by atoms with E-state index in [0.29, 0.717) is 6.42 Å². The zero-order valence-electron chi connectivity index (χ0n) is 12.5. The summed E-state index contributed by atoms with van der Waals surface area (Å²) in [5.41, 5.74) is 4.84. The van der Waals surface area contributed by atoms with Crippen LogP contribution in [0.2, 0.25) is 0 Å². The second-order valence-corrected chi connectivity index (χ2v) is 5.73. The van der Waals surface area contributed by atoms with Crippen LogP contribution in [-0.4, -0.2) is 5.91 Å². The first-order valence-electron chi connectivity index (χ1n) is 7.69. The molecule has 2 nitrogen and oxygen atoms in total. The molecule has 108 valence electrons. The summed E-state index contributed by atoms with van der Waals surface area (Å²) in [6.45, 7) is 1.89. The molecule has 1 aliphatic carbocycles. The maximum Gasteiger partial charge on any atom is 0.220 e. The average molecular weight is 287 g/mol. The summed E-state index contributed by atoms with van der Waals surface area (Å²) < 4.78 is 0. The van der Waals surface area contributed by atoms with Gasteiger partial charge in [-0.15, -0.1) is 0 Å². The first-order chi connectivity index (χ1) is 10.8. The molecule has 2 heteroatoms. The summed E-state index contributed by atoms with van der Waals surface area (Å²) >= 11 is 0. The van der Waals surface area contributed by atoms with Crippen molar-refractivity contribution < 1.29 is 4.79 Å². The van der Waals surface area contributed by atoms with E-state index in [-0.39, 0.29) is 11.9 Å². The van der Waals surface area contributed by atoms with Gasteiger partial charge in [-0.2, -0.15) is 0 Å². The maximum absolute atomic E-state index is 11.9. The Morgan fingerprint density at radius 2 is 1.59 bits per heavy atom. The largest absolute Gasteiger partial charge is 0.345 e. The van der Waals surface area contributed by atoms with Gasteiger partial charge in [-0.1, -0.05) is 55.5 Å². The second-order valence-electron chi connectivity index (χ2n) is 5.73. The van der Waals surface area contributed by atoms with Gasteiger partial charge in [0.2, 0.25) is 5.91 Å². The van der Waals surface area contributed by atoms with Crippen molar-refractivity contribution in [1.29, 1.82) is 0 Å². The van der Waals surface area contributed by atoms with E-state index in [0.717, 1.165) is 0 Å². The first-order valence-corrected chi connectivity index (χ1v) is 7.69. The smallest absolute Gasteiger partial charge is 0.220 e. The molecule has 1 atom stereocenters. The Morgan fingerprint density at radius 3 is 2.36 bits per heavy atom. The lowest BCUT2D eigenvalue weighted by Gasteiger charge is -2.15. The Morgan fingerprint density at radius 1 is 0.909 bits per heavy atom. The third kappa shape index (κ3) is 1.92. The molecule has 4 rings (SSSR count). The summed E-state index contributed by atoms with van der Waals surface area (Å²) in [4.78, 5) is 11.9. The number of rotatable bonds is 2. The van der Waals surface area contributed by atoms with Crippen LogP contribution in [0.4, 0.5) is 0 Å². The van der Waals surface area contributed by atoms with Crippen LogP contribution in [0.25, 0.3) is 21.9 Å². The van der Waals surface area contributed by atoms with Gasteiger partial charge in [-0.25, -0.2) is 0 Å². The zero-order valence-corrected chi connectivity index (χ0v) is 12.5. The summed E-state index contributed by atoms with van der Waals surface area (Å²) in [5.74, 6) is 0.0841. The fourth-order valence-electron chi connectivity index (χ4n) is 3.31. The number of carbonyl (C=O) groups is 1. The van der Waals surface area contributed by atoms with E-state index in [9.17, 15) is 4.79 Å². The van der Waals surface area contributed by atoms with Crippen molar-refractivity contribution in [3.63, 3.8) is 0 Å². The second kappa shape index (κ2) is 4.99. The SMILES string of the molecule is CCC(=O)NC1c2ccccc2-c2cc3ccccc3cc21. The molecular weight excluding hydrogens is 270 g/mol. The van der Waals surface area contributed by atoms with Crippen molar-refractivity contribution in [1.82, 2.24) is 5.32 Å². The number of hydrogen-bond donors (Lipinski definition) is 1. The summed E-state index contributed by atoms with van der Waals surface area (Å²) in [6.07, 6.45) is 0.502. The molecule has 1 N–H and O–H groups in total. The van der Waals surface area contributed by atoms with Gasteiger partial charge in [-0.05, 0) is 45.2 Å². The van der Waals surface area contributed by atoms with E-state index in [1.54, 1.807) is 0 Å². The highest BCUT2D eigenvalue weighted by molar-refractivity contribution is 5.93. The van der Waals surface area contributed by atoms with E-state index in [1.165, 1.54) is 33.0 Å². The van der Waals surface area contributed by atoms with E-state index >= 15 is 0 Å². The third-order valence-corrected chi connectivity index (χ3v) is 4.42. The first kappa shape index (κ1) is 13.1. The fourth-order valence-corrected chi connectivity index (χ4v) is 3.31. The van der Waals surface area contributed by atoms with E-state index in [2.05, 4.69) is 59.9 Å². The Bertz CT molecular complexity index is 882. The number of benzene rings is 3. The van der Waals surface area contributed by atoms with E-state index in [4.69, 9.17) is 0 Å². The molecule has 22 heavy (non-hydrogen) atoms. The molecule has 0 saturated heterocycles. The molecule has 0 radical (unpaired) electrons. The molecule has 3 aromatic rings. The van der Waals surface area contributed by atoms with Crippen LogP contribution < -0.4 is 5.32 Å². The van der Waals surface area contributed by atoms with E-state index < -0.39 is 0 Å². The normalized spacial score (nSPS) is 15.4. The Kier molecular flexibility index (Phi) is 2.97. The van der Waals surface area contributed by atoms with Crippen molar-refractivity contribution in [3.05, 3.63) is 71.8 Å². The average Bonchev–Trinajstić information content (AvgIpc) is 2.86. The molecule has 0 heterocycles. The van der Waals surface area contributed by atoms with Crippen LogP contribution >= 0.6 is 0 Å². The van der Waals surface area contributed by atoms with Crippen LogP contribution in [0.3, 0.4) is 0 Å². The molecule has 0 fully saturated rings. The number of hydrogen-bond acceptors (Lipinski definition) is 1. The monoisotopic (exact) mass is 287 g/mol. The minimum absolute atomic E-state index is 0.0387. The highest BCUT2D eigenvalue weighted by Crippen LogP contribution is 2.44. The highest BCUT2D eigenvalue weighted by atomic mass is 16.1. The van der Waals surface area contributed by atoms with Gasteiger partial charge in [0.15, 0.2) is 0 Å². The Balaban J connectivity index is 1.95. The Hall–Kier alpha value is -2.61. The predicted octanol–water partition coefficient (Wildman–Crippen LogP) is 4.44. The van der Waals surface area contributed by atoms with Gasteiger partial charge < -0.3 is 5.32 Å². The molecule has 1 unspecified atom stereocenters. The minimum atomic E-state index is -0.0387. The molecule has 3 aromatic carbocycles. The van der Waals surface area contributed by atoms with Crippen LogP contribution in [-0.2, 0) is 4.79 Å². The summed E-state index contributed by atoms with van der Waals surface area (Å²) in [5, 5.41) is 5.61. The molecule has 0 aromatic heterocycles. The van der Waals surface area contributed by atoms with Gasteiger partial charge in [0.25, 0.3) is 0 Å². The number of fused-ring (bicyclic) bond motifs is 4. The van der Waals surface area contributed by atoms with Crippen molar-refractivity contribution in [2.24, 2.45) is 0 Å². The molecule has 0 saturated carbocycles. The molecular formula is C20H17NO. The summed E-state index contributed by atoms with van der Waals surface area (Å²) in [7, 11) is 0. The van der Waals surface area contributed by atoms with Crippen molar-refractivity contribution in [3.8, 4) is 11.1 Å². The standard InChI is InChI=1S/C20H17NO/c1-2-19(22)21-20-16-10-6-5-9-15(16)17-11-13-7-3-4-8-14(13)12-18(17)20/h3-12,20H,2H2,1H3,(H,21,22). The lowest BCUT2D eigenvalue weighted by Crippen LogP contribution is -2.27.